The number of carbonyl (C=O) groups is 1. The Morgan fingerprint density at radius 1 is 1.00 bits per heavy atom. The number of carboxylic acids is 1. The lowest BCUT2D eigenvalue weighted by molar-refractivity contribution is -0.137. The Bertz CT molecular complexity index is 1090. The fourth-order valence-corrected chi connectivity index (χ4v) is 4.22. The van der Waals surface area contributed by atoms with Crippen LogP contribution in [-0.2, 0) is 20.4 Å². The number of ether oxygens (including phenoxy) is 4. The predicted molar refractivity (Wildman–Crippen MR) is 126 cm³/mol. The average Bonchev–Trinajstić information content (AvgIpc) is 2.80. The standard InChI is InChI=1S/C23H29NO8S/c1-6-18(23(25)26)24-19-11-15(7-8-20(19)30-3)14-33(27,28)10-9-17-21(31-4)12-16(29-2)13-22(17)32-5/h7-13,18,24H,6,14H2,1-5H3,(H,25,26)/b10-9+. The van der Waals surface area contributed by atoms with E-state index in [4.69, 9.17) is 18.9 Å². The Morgan fingerprint density at radius 3 is 2.09 bits per heavy atom. The van der Waals surface area contributed by atoms with Crippen LogP contribution in [0.5, 0.6) is 23.0 Å². The van der Waals surface area contributed by atoms with E-state index in [2.05, 4.69) is 5.32 Å². The molecule has 0 heterocycles. The van der Waals surface area contributed by atoms with Gasteiger partial charge < -0.3 is 29.4 Å². The molecule has 10 heteroatoms. The van der Waals surface area contributed by atoms with Gasteiger partial charge in [0.2, 0.25) is 0 Å². The number of rotatable bonds is 12. The lowest BCUT2D eigenvalue weighted by Crippen LogP contribution is -2.28. The second-order valence-electron chi connectivity index (χ2n) is 7.03. The van der Waals surface area contributed by atoms with Crippen LogP contribution in [0.3, 0.4) is 0 Å². The fraction of sp³-hybridized carbons (Fsp3) is 0.348. The summed E-state index contributed by atoms with van der Waals surface area (Å²) >= 11 is 0. The van der Waals surface area contributed by atoms with Crippen molar-refractivity contribution in [2.75, 3.05) is 33.8 Å². The molecule has 0 bridgehead atoms. The molecule has 2 rings (SSSR count). The van der Waals surface area contributed by atoms with Gasteiger partial charge in [0.25, 0.3) is 0 Å². The molecule has 0 radical (unpaired) electrons. The molecule has 0 amide bonds. The molecule has 9 nitrogen and oxygen atoms in total. The highest BCUT2D eigenvalue weighted by Gasteiger charge is 2.18. The van der Waals surface area contributed by atoms with Crippen molar-refractivity contribution in [2.45, 2.75) is 25.1 Å². The average molecular weight is 480 g/mol. The molecule has 180 valence electrons. The van der Waals surface area contributed by atoms with E-state index in [-0.39, 0.29) is 5.75 Å². The van der Waals surface area contributed by atoms with Gasteiger partial charge in [-0.25, -0.2) is 13.2 Å². The number of anilines is 1. The molecule has 0 saturated carbocycles. The van der Waals surface area contributed by atoms with Crippen LogP contribution >= 0.6 is 0 Å². The van der Waals surface area contributed by atoms with E-state index >= 15 is 0 Å². The molecule has 0 spiro atoms. The van der Waals surface area contributed by atoms with Gasteiger partial charge in [0.05, 0.1) is 45.4 Å². The molecular formula is C23H29NO8S. The molecule has 2 N–H and O–H groups in total. The van der Waals surface area contributed by atoms with Gasteiger partial charge in [0, 0.05) is 17.5 Å². The number of aliphatic carboxylic acids is 1. The predicted octanol–water partition coefficient (Wildman–Crippen LogP) is 3.58. The zero-order chi connectivity index (χ0) is 24.6. The summed E-state index contributed by atoms with van der Waals surface area (Å²) in [6.07, 6.45) is 1.75. The van der Waals surface area contributed by atoms with Gasteiger partial charge in [0.1, 0.15) is 29.0 Å². The van der Waals surface area contributed by atoms with E-state index in [0.717, 1.165) is 5.41 Å². The van der Waals surface area contributed by atoms with Gasteiger partial charge in [0.15, 0.2) is 9.84 Å². The largest absolute Gasteiger partial charge is 0.496 e. The van der Waals surface area contributed by atoms with Crippen LogP contribution in [0, 0.1) is 0 Å². The summed E-state index contributed by atoms with van der Waals surface area (Å²) in [6, 6.07) is 7.21. The third-order valence-corrected chi connectivity index (χ3v) is 6.15. The van der Waals surface area contributed by atoms with E-state index in [1.807, 2.05) is 0 Å². The smallest absolute Gasteiger partial charge is 0.326 e. The molecule has 2 aromatic carbocycles. The van der Waals surface area contributed by atoms with Crippen molar-refractivity contribution in [3.05, 3.63) is 46.9 Å². The second-order valence-corrected chi connectivity index (χ2v) is 8.92. The van der Waals surface area contributed by atoms with E-state index in [1.54, 1.807) is 37.3 Å². The van der Waals surface area contributed by atoms with Crippen molar-refractivity contribution in [3.63, 3.8) is 0 Å². The quantitative estimate of drug-likeness (QED) is 0.470. The normalized spacial score (nSPS) is 12.3. The molecule has 0 aliphatic carbocycles. The summed E-state index contributed by atoms with van der Waals surface area (Å²) < 4.78 is 46.8. The first kappa shape index (κ1) is 25.9. The Labute approximate surface area is 193 Å². The van der Waals surface area contributed by atoms with E-state index in [0.29, 0.717) is 46.2 Å². The summed E-state index contributed by atoms with van der Waals surface area (Å²) in [5, 5.41) is 13.3. The minimum atomic E-state index is -3.69. The third kappa shape index (κ3) is 6.79. The molecule has 0 aromatic heterocycles. The SMILES string of the molecule is CCC(Nc1cc(CS(=O)(=O)/C=C/c2c(OC)cc(OC)cc2OC)ccc1OC)C(=O)O. The maximum absolute atomic E-state index is 12.8. The number of nitrogens with one attached hydrogen (secondary N) is 1. The maximum Gasteiger partial charge on any atom is 0.326 e. The highest BCUT2D eigenvalue weighted by atomic mass is 32.2. The Hall–Kier alpha value is -3.40. The van der Waals surface area contributed by atoms with Crippen LogP contribution in [-0.4, -0.2) is 54.0 Å². The van der Waals surface area contributed by atoms with Crippen molar-refractivity contribution in [2.24, 2.45) is 0 Å². The number of benzene rings is 2. The van der Waals surface area contributed by atoms with Crippen molar-refractivity contribution in [1.82, 2.24) is 0 Å². The first-order valence-corrected chi connectivity index (χ1v) is 11.8. The molecule has 1 unspecified atom stereocenters. The summed E-state index contributed by atoms with van der Waals surface area (Å²) in [6.45, 7) is 1.74. The highest BCUT2D eigenvalue weighted by Crippen LogP contribution is 2.35. The summed E-state index contributed by atoms with van der Waals surface area (Å²) in [5.41, 5.74) is 1.33. The van der Waals surface area contributed by atoms with E-state index in [1.165, 1.54) is 34.5 Å². The van der Waals surface area contributed by atoms with Crippen LogP contribution in [0.2, 0.25) is 0 Å². The fourth-order valence-electron chi connectivity index (χ4n) is 3.13. The molecule has 0 saturated heterocycles. The monoisotopic (exact) mass is 479 g/mol. The molecule has 0 aliphatic rings. The Kier molecular flexibility index (Phi) is 8.98. The number of sulfone groups is 1. The van der Waals surface area contributed by atoms with Crippen LogP contribution in [0.4, 0.5) is 5.69 Å². The van der Waals surface area contributed by atoms with Gasteiger partial charge in [-0.05, 0) is 30.2 Å². The van der Waals surface area contributed by atoms with Crippen LogP contribution in [0.25, 0.3) is 6.08 Å². The third-order valence-electron chi connectivity index (χ3n) is 4.86. The van der Waals surface area contributed by atoms with E-state index < -0.39 is 21.8 Å². The molecule has 33 heavy (non-hydrogen) atoms. The number of carboxylic acid groups (broad SMARTS) is 1. The molecule has 2 aromatic rings. The molecule has 1 atom stereocenters. The summed E-state index contributed by atoms with van der Waals surface area (Å²) in [5.74, 6) is 0.406. The lowest BCUT2D eigenvalue weighted by Gasteiger charge is -2.17. The minimum absolute atomic E-state index is 0.299. The Balaban J connectivity index is 2.34. The number of hydrogen-bond donors (Lipinski definition) is 2. The number of methoxy groups -OCH3 is 4. The molecular weight excluding hydrogens is 450 g/mol. The second kappa shape index (κ2) is 11.5. The maximum atomic E-state index is 12.8. The molecule has 0 aliphatic heterocycles. The number of hydrogen-bond acceptors (Lipinski definition) is 8. The van der Waals surface area contributed by atoms with Crippen LogP contribution in [0.15, 0.2) is 35.7 Å². The minimum Gasteiger partial charge on any atom is -0.496 e. The van der Waals surface area contributed by atoms with Crippen molar-refractivity contribution in [3.8, 4) is 23.0 Å². The summed E-state index contributed by atoms with van der Waals surface area (Å²) in [4.78, 5) is 11.4. The topological polar surface area (TPSA) is 120 Å². The van der Waals surface area contributed by atoms with Gasteiger partial charge in [-0.15, -0.1) is 0 Å². The van der Waals surface area contributed by atoms with Crippen LogP contribution in [0.1, 0.15) is 24.5 Å². The van der Waals surface area contributed by atoms with Crippen molar-refractivity contribution in [1.29, 1.82) is 0 Å². The van der Waals surface area contributed by atoms with Gasteiger partial charge >= 0.3 is 5.97 Å². The highest BCUT2D eigenvalue weighted by molar-refractivity contribution is 7.93. The van der Waals surface area contributed by atoms with Crippen molar-refractivity contribution < 1.29 is 37.3 Å². The van der Waals surface area contributed by atoms with E-state index in [9.17, 15) is 18.3 Å². The zero-order valence-electron chi connectivity index (χ0n) is 19.2. The van der Waals surface area contributed by atoms with Gasteiger partial charge in [-0.1, -0.05) is 13.0 Å². The first-order chi connectivity index (χ1) is 15.7. The van der Waals surface area contributed by atoms with Gasteiger partial charge in [-0.3, -0.25) is 0 Å². The first-order valence-electron chi connectivity index (χ1n) is 10.0. The zero-order valence-corrected chi connectivity index (χ0v) is 20.1. The van der Waals surface area contributed by atoms with Crippen LogP contribution < -0.4 is 24.3 Å². The molecule has 0 fully saturated rings. The Morgan fingerprint density at radius 2 is 1.61 bits per heavy atom. The lowest BCUT2D eigenvalue weighted by atomic mass is 10.1. The van der Waals surface area contributed by atoms with Gasteiger partial charge in [-0.2, -0.15) is 0 Å². The summed E-state index contributed by atoms with van der Waals surface area (Å²) in [7, 11) is 2.20. The van der Waals surface area contributed by atoms with Crippen molar-refractivity contribution >= 4 is 27.6 Å².